The predicted octanol–water partition coefficient (Wildman–Crippen LogP) is 4.09. The molecule has 0 amide bonds. The van der Waals surface area contributed by atoms with Crippen molar-refractivity contribution in [3.63, 3.8) is 0 Å². The normalized spacial score (nSPS) is 15.0. The van der Waals surface area contributed by atoms with E-state index in [0.717, 1.165) is 49.7 Å². The van der Waals surface area contributed by atoms with Crippen LogP contribution in [0.3, 0.4) is 0 Å². The van der Waals surface area contributed by atoms with Crippen LogP contribution in [0.2, 0.25) is 0 Å². The van der Waals surface area contributed by atoms with Gasteiger partial charge in [0.2, 0.25) is 0 Å². The summed E-state index contributed by atoms with van der Waals surface area (Å²) < 4.78 is 22.6. The second kappa shape index (κ2) is 10.1. The summed E-state index contributed by atoms with van der Waals surface area (Å²) in [5, 5.41) is 0. The van der Waals surface area contributed by atoms with Gasteiger partial charge in [0.15, 0.2) is 0 Å². The Morgan fingerprint density at radius 3 is 2.40 bits per heavy atom. The van der Waals surface area contributed by atoms with Gasteiger partial charge < -0.3 is 18.9 Å². The van der Waals surface area contributed by atoms with Gasteiger partial charge in [0.1, 0.15) is 24.7 Å². The average Bonchev–Trinajstić information content (AvgIpc) is 2.68. The van der Waals surface area contributed by atoms with Crippen LogP contribution >= 0.6 is 0 Å². The molecule has 2 aromatic rings. The van der Waals surface area contributed by atoms with E-state index in [-0.39, 0.29) is 0 Å². The molecule has 0 saturated carbocycles. The molecule has 2 aromatic carbocycles. The van der Waals surface area contributed by atoms with Crippen molar-refractivity contribution in [1.29, 1.82) is 0 Å². The Balaban J connectivity index is 1.35. The third-order valence-electron chi connectivity index (χ3n) is 4.24. The van der Waals surface area contributed by atoms with Gasteiger partial charge in [-0.15, -0.1) is 0 Å². The summed E-state index contributed by atoms with van der Waals surface area (Å²) in [7, 11) is 0. The summed E-state index contributed by atoms with van der Waals surface area (Å²) in [6.07, 6.45) is 2.20. The number of hydrogen-bond acceptors (Lipinski definition) is 4. The van der Waals surface area contributed by atoms with Crippen molar-refractivity contribution in [2.45, 2.75) is 19.4 Å². The van der Waals surface area contributed by atoms with Crippen molar-refractivity contribution in [1.82, 2.24) is 0 Å². The second-order valence-electron chi connectivity index (χ2n) is 6.23. The SMILES string of the molecule is c1ccc(COc2cccc(OCCOCC3CCOCC3)c2)cc1. The maximum Gasteiger partial charge on any atom is 0.123 e. The summed E-state index contributed by atoms with van der Waals surface area (Å²) in [6.45, 7) is 4.23. The van der Waals surface area contributed by atoms with Crippen LogP contribution in [0.25, 0.3) is 0 Å². The van der Waals surface area contributed by atoms with E-state index in [1.807, 2.05) is 42.5 Å². The zero-order valence-electron chi connectivity index (χ0n) is 14.6. The largest absolute Gasteiger partial charge is 0.491 e. The lowest BCUT2D eigenvalue weighted by atomic mass is 10.0. The Morgan fingerprint density at radius 1 is 0.840 bits per heavy atom. The Labute approximate surface area is 149 Å². The van der Waals surface area contributed by atoms with Gasteiger partial charge in [-0.3, -0.25) is 0 Å². The maximum absolute atomic E-state index is 5.82. The van der Waals surface area contributed by atoms with Crippen LogP contribution in [-0.4, -0.2) is 33.0 Å². The third-order valence-corrected chi connectivity index (χ3v) is 4.24. The van der Waals surface area contributed by atoms with Gasteiger partial charge in [-0.2, -0.15) is 0 Å². The minimum absolute atomic E-state index is 0.547. The fraction of sp³-hybridized carbons (Fsp3) is 0.429. The van der Waals surface area contributed by atoms with Crippen molar-refractivity contribution in [3.8, 4) is 11.5 Å². The Bertz CT molecular complexity index is 608. The minimum Gasteiger partial charge on any atom is -0.491 e. The zero-order valence-corrected chi connectivity index (χ0v) is 14.6. The molecule has 0 N–H and O–H groups in total. The van der Waals surface area contributed by atoms with Crippen LogP contribution in [-0.2, 0) is 16.1 Å². The van der Waals surface area contributed by atoms with E-state index >= 15 is 0 Å². The van der Waals surface area contributed by atoms with Gasteiger partial charge in [-0.05, 0) is 36.5 Å². The molecule has 4 nitrogen and oxygen atoms in total. The van der Waals surface area contributed by atoms with Crippen LogP contribution in [0.1, 0.15) is 18.4 Å². The summed E-state index contributed by atoms with van der Waals surface area (Å²) in [5.41, 5.74) is 1.15. The molecule has 134 valence electrons. The van der Waals surface area contributed by atoms with Crippen LogP contribution in [0, 0.1) is 5.92 Å². The molecule has 3 rings (SSSR count). The molecule has 0 bridgehead atoms. The number of ether oxygens (including phenoxy) is 4. The molecular weight excluding hydrogens is 316 g/mol. The first-order valence-electron chi connectivity index (χ1n) is 8.95. The van der Waals surface area contributed by atoms with Crippen LogP contribution in [0.15, 0.2) is 54.6 Å². The van der Waals surface area contributed by atoms with Gasteiger partial charge in [0, 0.05) is 25.9 Å². The van der Waals surface area contributed by atoms with E-state index in [4.69, 9.17) is 18.9 Å². The third kappa shape index (κ3) is 6.40. The lowest BCUT2D eigenvalue weighted by Gasteiger charge is -2.21. The zero-order chi connectivity index (χ0) is 17.2. The molecule has 0 aromatic heterocycles. The van der Waals surface area contributed by atoms with E-state index in [2.05, 4.69) is 12.1 Å². The number of rotatable bonds is 9. The fourth-order valence-corrected chi connectivity index (χ4v) is 2.78. The first kappa shape index (κ1) is 17.8. The number of benzene rings is 2. The summed E-state index contributed by atoms with van der Waals surface area (Å²) >= 11 is 0. The van der Waals surface area contributed by atoms with Gasteiger partial charge in [0.25, 0.3) is 0 Å². The Kier molecular flexibility index (Phi) is 7.16. The van der Waals surface area contributed by atoms with Crippen LogP contribution < -0.4 is 9.47 Å². The van der Waals surface area contributed by atoms with Crippen molar-refractivity contribution in [2.24, 2.45) is 5.92 Å². The fourth-order valence-electron chi connectivity index (χ4n) is 2.78. The topological polar surface area (TPSA) is 36.9 Å². The number of hydrogen-bond donors (Lipinski definition) is 0. The second-order valence-corrected chi connectivity index (χ2v) is 6.23. The highest BCUT2D eigenvalue weighted by Crippen LogP contribution is 2.20. The smallest absolute Gasteiger partial charge is 0.123 e. The highest BCUT2D eigenvalue weighted by atomic mass is 16.5. The first-order valence-corrected chi connectivity index (χ1v) is 8.95. The van der Waals surface area contributed by atoms with Gasteiger partial charge in [0.05, 0.1) is 6.61 Å². The van der Waals surface area contributed by atoms with Crippen molar-refractivity contribution in [3.05, 3.63) is 60.2 Å². The highest BCUT2D eigenvalue weighted by Gasteiger charge is 2.13. The van der Waals surface area contributed by atoms with Crippen molar-refractivity contribution >= 4 is 0 Å². The predicted molar refractivity (Wildman–Crippen MR) is 97.1 cm³/mol. The highest BCUT2D eigenvalue weighted by molar-refractivity contribution is 5.33. The average molecular weight is 342 g/mol. The molecule has 0 aliphatic carbocycles. The maximum atomic E-state index is 5.82. The van der Waals surface area contributed by atoms with E-state index in [1.165, 1.54) is 0 Å². The van der Waals surface area contributed by atoms with Gasteiger partial charge in [-0.1, -0.05) is 36.4 Å². The minimum atomic E-state index is 0.547. The molecule has 1 saturated heterocycles. The monoisotopic (exact) mass is 342 g/mol. The molecule has 0 unspecified atom stereocenters. The van der Waals surface area contributed by atoms with Crippen LogP contribution in [0.4, 0.5) is 0 Å². The Morgan fingerprint density at radius 2 is 1.60 bits per heavy atom. The molecule has 1 heterocycles. The standard InChI is InChI=1S/C21H26O4/c1-2-5-18(6-3-1)17-25-21-8-4-7-20(15-21)24-14-13-23-16-19-9-11-22-12-10-19/h1-8,15,19H,9-14,16-17H2. The van der Waals surface area contributed by atoms with Crippen LogP contribution in [0.5, 0.6) is 11.5 Å². The molecule has 0 spiro atoms. The summed E-state index contributed by atoms with van der Waals surface area (Å²) in [4.78, 5) is 0. The molecule has 4 heteroatoms. The summed E-state index contributed by atoms with van der Waals surface area (Å²) in [6, 6.07) is 17.9. The van der Waals surface area contributed by atoms with Gasteiger partial charge >= 0.3 is 0 Å². The quantitative estimate of drug-likeness (QED) is 0.643. The Hall–Kier alpha value is -2.04. The van der Waals surface area contributed by atoms with E-state index in [0.29, 0.717) is 25.7 Å². The molecule has 0 radical (unpaired) electrons. The molecule has 1 aliphatic rings. The molecular formula is C21H26O4. The lowest BCUT2D eigenvalue weighted by Crippen LogP contribution is -2.21. The van der Waals surface area contributed by atoms with E-state index < -0.39 is 0 Å². The molecule has 25 heavy (non-hydrogen) atoms. The molecule has 1 aliphatic heterocycles. The van der Waals surface area contributed by atoms with Crippen molar-refractivity contribution < 1.29 is 18.9 Å². The van der Waals surface area contributed by atoms with E-state index in [9.17, 15) is 0 Å². The van der Waals surface area contributed by atoms with Crippen molar-refractivity contribution in [2.75, 3.05) is 33.0 Å². The van der Waals surface area contributed by atoms with E-state index in [1.54, 1.807) is 0 Å². The van der Waals surface area contributed by atoms with Gasteiger partial charge in [-0.25, -0.2) is 0 Å². The molecule has 0 atom stereocenters. The lowest BCUT2D eigenvalue weighted by molar-refractivity contribution is 0.0139. The summed E-state index contributed by atoms with van der Waals surface area (Å²) in [5.74, 6) is 2.24. The molecule has 1 fully saturated rings. The first-order chi connectivity index (χ1) is 12.4.